The number of hydrogen-bond acceptors (Lipinski definition) is 8. The second-order valence-corrected chi connectivity index (χ2v) is 31.7. The van der Waals surface area contributed by atoms with Crippen molar-refractivity contribution in [2.24, 2.45) is 28.6 Å². The third-order valence-corrected chi connectivity index (χ3v) is 25.1. The molecule has 0 amide bonds. The van der Waals surface area contributed by atoms with Crippen molar-refractivity contribution in [2.45, 2.75) is 122 Å². The van der Waals surface area contributed by atoms with E-state index in [1.54, 1.807) is 0 Å². The fraction of sp³-hybridized carbons (Fsp3) is 0.314. The second kappa shape index (κ2) is 32.7. The lowest BCUT2D eigenvalue weighted by atomic mass is 9.63. The average Bonchev–Trinajstić information content (AvgIpc) is 1.53. The van der Waals surface area contributed by atoms with E-state index in [1.807, 2.05) is 0 Å². The average molecular weight is 1460 g/mol. The van der Waals surface area contributed by atoms with Crippen molar-refractivity contribution in [1.29, 1.82) is 0 Å². The van der Waals surface area contributed by atoms with E-state index in [-0.39, 0.29) is 22.7 Å². The Labute approximate surface area is 653 Å². The Bertz CT molecular complexity index is 4940. The topological polar surface area (TPSA) is 61.9 Å². The van der Waals surface area contributed by atoms with Crippen LogP contribution in [0.1, 0.15) is 156 Å². The SMILES string of the molecule is CCCCC(CC)COc1ccc(C2(c3ccc(OCC4(CC)COC4)cc3)c3ccccc3-c3ccc(N(c4ccccc4)c4ccc(-c5ccc(N(C6=CC7C(C=C6)c6ccccc6C7(c6ccc(OCC(CC)CCCC)cc6)c6ccc(OCC7(CC)COC7)cc6)c6ccccc6)cc5)cc4)cc32)cc1. The van der Waals surface area contributed by atoms with E-state index in [4.69, 9.17) is 28.4 Å². The van der Waals surface area contributed by atoms with Gasteiger partial charge in [0.25, 0.3) is 0 Å². The molecule has 6 atom stereocenters. The molecule has 11 aromatic rings. The van der Waals surface area contributed by atoms with Crippen molar-refractivity contribution in [3.63, 3.8) is 0 Å². The maximum atomic E-state index is 6.63. The van der Waals surface area contributed by atoms with Gasteiger partial charge in [0.05, 0.1) is 74.5 Å². The van der Waals surface area contributed by atoms with Crippen molar-refractivity contribution in [1.82, 2.24) is 0 Å². The monoisotopic (exact) mass is 1450 g/mol. The first kappa shape index (κ1) is 73.7. The van der Waals surface area contributed by atoms with E-state index in [9.17, 15) is 0 Å². The molecule has 16 rings (SSSR count). The molecule has 2 heterocycles. The molecule has 0 saturated carbocycles. The number of ether oxygens (including phenoxy) is 6. The van der Waals surface area contributed by atoms with Gasteiger partial charge in [-0.15, -0.1) is 0 Å². The minimum absolute atomic E-state index is 0.00300. The van der Waals surface area contributed by atoms with Crippen LogP contribution in [0.2, 0.25) is 0 Å². The number of benzene rings is 11. The number of anilines is 5. The fourth-order valence-electron chi connectivity index (χ4n) is 18.0. The summed E-state index contributed by atoms with van der Waals surface area (Å²) in [5.74, 6) is 4.73. The molecule has 8 nitrogen and oxygen atoms in total. The molecule has 11 aromatic carbocycles. The molecule has 5 aliphatic rings. The summed E-state index contributed by atoms with van der Waals surface area (Å²) in [4.78, 5) is 4.86. The van der Waals surface area contributed by atoms with Gasteiger partial charge in [0.1, 0.15) is 23.0 Å². The lowest BCUT2D eigenvalue weighted by Crippen LogP contribution is -2.46. The number of para-hydroxylation sites is 2. The third-order valence-electron chi connectivity index (χ3n) is 25.1. The summed E-state index contributed by atoms with van der Waals surface area (Å²) < 4.78 is 37.9. The summed E-state index contributed by atoms with van der Waals surface area (Å²) in [7, 11) is 0. The number of unbranched alkanes of at least 4 members (excludes halogenated alkanes) is 2. The van der Waals surface area contributed by atoms with E-state index >= 15 is 0 Å². The van der Waals surface area contributed by atoms with Gasteiger partial charge >= 0.3 is 0 Å². The van der Waals surface area contributed by atoms with E-state index in [2.05, 4.69) is 343 Å². The zero-order valence-electron chi connectivity index (χ0n) is 65.1. The molecule has 2 saturated heterocycles. The van der Waals surface area contributed by atoms with Crippen molar-refractivity contribution in [3.8, 4) is 45.3 Å². The standard InChI is InChI=1S/C102H106N2O6/c1-7-13-25-73(9-3)65-107-87-53-39-77(40-54-87)101(79-43-57-89(58-44-79)109-71-99(11-5)67-105-68-99)95-33-23-21-31-91(95)93-61-51-85(63-97(93)101)103(81-27-17-15-18-28-81)83-47-35-75(36-48-83)76-37-49-84(50-38-76)104(82-29-19-16-20-30-82)86-52-62-94-92-32-22-24-34-96(92)102(98(94)64-86,78-41-55-88(56-42-78)108-66-74(10-4)26-14-8-2)80-45-59-90(60-46-80)110-72-100(12-6)69-106-70-100/h15-24,27-64,73-74,93,97H,7-14,25-26,65-72H2,1-6H3. The molecule has 0 N–H and O–H groups in total. The normalized spacial score (nSPS) is 19.3. The van der Waals surface area contributed by atoms with Gasteiger partial charge < -0.3 is 38.2 Å². The van der Waals surface area contributed by atoms with Crippen LogP contribution >= 0.6 is 0 Å². The highest BCUT2D eigenvalue weighted by Crippen LogP contribution is 2.62. The van der Waals surface area contributed by atoms with Gasteiger partial charge in [-0.05, 0) is 220 Å². The predicted molar refractivity (Wildman–Crippen MR) is 451 cm³/mol. The lowest BCUT2D eigenvalue weighted by molar-refractivity contribution is -0.133. The number of fused-ring (bicyclic) bond motifs is 6. The van der Waals surface area contributed by atoms with Crippen molar-refractivity contribution in [3.05, 3.63) is 341 Å². The molecule has 2 aliphatic heterocycles. The number of hydrogen-bond donors (Lipinski definition) is 0. The molecule has 0 spiro atoms. The molecule has 6 unspecified atom stereocenters. The molecule has 0 aromatic heterocycles. The van der Waals surface area contributed by atoms with Crippen LogP contribution in [0.3, 0.4) is 0 Å². The van der Waals surface area contributed by atoms with E-state index < -0.39 is 10.8 Å². The van der Waals surface area contributed by atoms with Gasteiger partial charge in [0, 0.05) is 46.0 Å². The Hall–Kier alpha value is -10.4. The second-order valence-electron chi connectivity index (χ2n) is 31.7. The van der Waals surface area contributed by atoms with Gasteiger partial charge in [0.2, 0.25) is 0 Å². The van der Waals surface area contributed by atoms with Gasteiger partial charge in [-0.2, -0.15) is 0 Å². The van der Waals surface area contributed by atoms with Gasteiger partial charge in [-0.25, -0.2) is 0 Å². The van der Waals surface area contributed by atoms with Crippen LogP contribution in [0.4, 0.5) is 28.4 Å². The van der Waals surface area contributed by atoms with Crippen molar-refractivity contribution < 1.29 is 28.4 Å². The first-order chi connectivity index (χ1) is 54.1. The first-order valence-electron chi connectivity index (χ1n) is 40.9. The van der Waals surface area contributed by atoms with Crippen molar-refractivity contribution >= 4 is 28.4 Å². The van der Waals surface area contributed by atoms with E-state index in [0.717, 1.165) is 127 Å². The molecule has 8 heteroatoms. The van der Waals surface area contributed by atoms with Gasteiger partial charge in [-0.3, -0.25) is 0 Å². The highest BCUT2D eigenvalue weighted by Gasteiger charge is 2.54. The highest BCUT2D eigenvalue weighted by molar-refractivity contribution is 5.90. The lowest BCUT2D eigenvalue weighted by Gasteiger charge is -2.41. The minimum Gasteiger partial charge on any atom is -0.493 e. The van der Waals surface area contributed by atoms with Crippen LogP contribution in [-0.2, 0) is 20.3 Å². The van der Waals surface area contributed by atoms with E-state index in [0.29, 0.717) is 31.7 Å². The molecule has 560 valence electrons. The Morgan fingerprint density at radius 1 is 0.391 bits per heavy atom. The number of allylic oxidation sites excluding steroid dienone is 3. The van der Waals surface area contributed by atoms with Crippen LogP contribution in [0.25, 0.3) is 22.3 Å². The molecular weight excluding hydrogens is 1350 g/mol. The summed E-state index contributed by atoms with van der Waals surface area (Å²) in [6.07, 6.45) is 18.9. The Morgan fingerprint density at radius 3 is 1.28 bits per heavy atom. The Kier molecular flexibility index (Phi) is 21.9. The summed E-state index contributed by atoms with van der Waals surface area (Å²) in [6, 6.07) is 101. The maximum Gasteiger partial charge on any atom is 0.119 e. The van der Waals surface area contributed by atoms with Crippen LogP contribution < -0.4 is 28.7 Å². The summed E-state index contributed by atoms with van der Waals surface area (Å²) in [5.41, 5.74) is 20.0. The molecule has 3 aliphatic carbocycles. The quantitative estimate of drug-likeness (QED) is 0.0403. The van der Waals surface area contributed by atoms with E-state index in [1.165, 1.54) is 94.2 Å². The molecule has 2 fully saturated rings. The van der Waals surface area contributed by atoms with Crippen LogP contribution in [0.15, 0.2) is 297 Å². The van der Waals surface area contributed by atoms with Crippen LogP contribution in [0, 0.1) is 28.6 Å². The van der Waals surface area contributed by atoms with Gasteiger partial charge in [0.15, 0.2) is 0 Å². The molecule has 110 heavy (non-hydrogen) atoms. The smallest absolute Gasteiger partial charge is 0.119 e. The maximum absolute atomic E-state index is 6.63. The zero-order chi connectivity index (χ0) is 75.1. The number of rotatable bonds is 33. The highest BCUT2D eigenvalue weighted by atomic mass is 16.5. The third kappa shape index (κ3) is 14.2. The Morgan fingerprint density at radius 2 is 0.809 bits per heavy atom. The largest absolute Gasteiger partial charge is 0.493 e. The first-order valence-corrected chi connectivity index (χ1v) is 40.9. The summed E-state index contributed by atoms with van der Waals surface area (Å²) in [5, 5.41) is 0. The van der Waals surface area contributed by atoms with Gasteiger partial charge in [-0.1, -0.05) is 256 Å². The van der Waals surface area contributed by atoms with Crippen LogP contribution in [-0.4, -0.2) is 52.9 Å². The molecular formula is C102H106N2O6. The van der Waals surface area contributed by atoms with Crippen molar-refractivity contribution in [2.75, 3.05) is 62.7 Å². The predicted octanol–water partition coefficient (Wildman–Crippen LogP) is 25.3. The Balaban J connectivity index is 0.737. The zero-order valence-corrected chi connectivity index (χ0v) is 65.1. The fourth-order valence-corrected chi connectivity index (χ4v) is 18.0. The summed E-state index contributed by atoms with van der Waals surface area (Å²) >= 11 is 0. The summed E-state index contributed by atoms with van der Waals surface area (Å²) in [6.45, 7) is 19.3. The molecule has 0 radical (unpaired) electrons. The van der Waals surface area contributed by atoms with Crippen LogP contribution in [0.5, 0.6) is 23.0 Å². The molecule has 0 bridgehead atoms. The number of nitrogens with zero attached hydrogens (tertiary/aromatic N) is 2. The minimum atomic E-state index is -0.687.